The Morgan fingerprint density at radius 2 is 2.17 bits per heavy atom. The first-order valence-electron chi connectivity index (χ1n) is 7.96. The average molecular weight is 311 g/mol. The van der Waals surface area contributed by atoms with Crippen LogP contribution < -0.4 is 14.8 Å². The standard InChI is InChI=1S/C19H21NO3/c1-14-4-2-5-17(12-14)22-10-3-9-20-19(21)16-6-7-18-15(13-16)8-11-23-18/h2,4-7,12-13H,3,8-11H2,1H3,(H,20,21). The summed E-state index contributed by atoms with van der Waals surface area (Å²) in [7, 11) is 0. The minimum absolute atomic E-state index is 0.0461. The molecule has 4 nitrogen and oxygen atoms in total. The Balaban J connectivity index is 1.41. The van der Waals surface area contributed by atoms with Crippen LogP contribution in [0.2, 0.25) is 0 Å². The molecule has 0 bridgehead atoms. The van der Waals surface area contributed by atoms with Gasteiger partial charge in [0.05, 0.1) is 13.2 Å². The summed E-state index contributed by atoms with van der Waals surface area (Å²) in [5.74, 6) is 1.72. The van der Waals surface area contributed by atoms with Gasteiger partial charge in [0.25, 0.3) is 5.91 Å². The summed E-state index contributed by atoms with van der Waals surface area (Å²) in [5.41, 5.74) is 2.98. The monoisotopic (exact) mass is 311 g/mol. The lowest BCUT2D eigenvalue weighted by atomic mass is 10.1. The summed E-state index contributed by atoms with van der Waals surface area (Å²) in [5, 5.41) is 2.93. The maximum Gasteiger partial charge on any atom is 0.251 e. The van der Waals surface area contributed by atoms with Gasteiger partial charge in [0, 0.05) is 18.5 Å². The van der Waals surface area contributed by atoms with Crippen LogP contribution in [0.5, 0.6) is 11.5 Å². The first-order valence-corrected chi connectivity index (χ1v) is 7.96. The quantitative estimate of drug-likeness (QED) is 0.834. The number of nitrogens with one attached hydrogen (secondary N) is 1. The van der Waals surface area contributed by atoms with Crippen molar-refractivity contribution in [2.45, 2.75) is 19.8 Å². The zero-order valence-electron chi connectivity index (χ0n) is 13.3. The van der Waals surface area contributed by atoms with Crippen molar-refractivity contribution in [3.05, 3.63) is 59.2 Å². The van der Waals surface area contributed by atoms with Gasteiger partial charge in [0.15, 0.2) is 0 Å². The van der Waals surface area contributed by atoms with Crippen LogP contribution in [-0.2, 0) is 6.42 Å². The number of carbonyl (C=O) groups excluding carboxylic acids is 1. The van der Waals surface area contributed by atoms with Crippen molar-refractivity contribution in [3.63, 3.8) is 0 Å². The van der Waals surface area contributed by atoms with Crippen molar-refractivity contribution in [2.75, 3.05) is 19.8 Å². The first-order chi connectivity index (χ1) is 11.2. The molecule has 0 saturated heterocycles. The molecule has 1 amide bonds. The van der Waals surface area contributed by atoms with Gasteiger partial charge < -0.3 is 14.8 Å². The molecule has 0 spiro atoms. The van der Waals surface area contributed by atoms with Crippen LogP contribution in [0.4, 0.5) is 0 Å². The highest BCUT2D eigenvalue weighted by atomic mass is 16.5. The van der Waals surface area contributed by atoms with Crippen molar-refractivity contribution >= 4 is 5.91 Å². The maximum atomic E-state index is 12.1. The van der Waals surface area contributed by atoms with Gasteiger partial charge >= 0.3 is 0 Å². The summed E-state index contributed by atoms with van der Waals surface area (Å²) in [6.45, 7) is 3.92. The molecule has 0 atom stereocenters. The number of fused-ring (bicyclic) bond motifs is 1. The Hall–Kier alpha value is -2.49. The minimum atomic E-state index is -0.0461. The zero-order valence-corrected chi connectivity index (χ0v) is 13.3. The van der Waals surface area contributed by atoms with E-state index in [2.05, 4.69) is 5.32 Å². The van der Waals surface area contributed by atoms with Gasteiger partial charge in [0.2, 0.25) is 0 Å². The summed E-state index contributed by atoms with van der Waals surface area (Å²) >= 11 is 0. The Kier molecular flexibility index (Phi) is 4.81. The fraction of sp³-hybridized carbons (Fsp3) is 0.316. The molecule has 2 aromatic rings. The van der Waals surface area contributed by atoms with Crippen molar-refractivity contribution in [3.8, 4) is 11.5 Å². The second-order valence-electron chi connectivity index (χ2n) is 5.70. The lowest BCUT2D eigenvalue weighted by Gasteiger charge is -2.08. The van der Waals surface area contributed by atoms with Crippen molar-refractivity contribution < 1.29 is 14.3 Å². The van der Waals surface area contributed by atoms with E-state index in [1.165, 1.54) is 5.56 Å². The SMILES string of the molecule is Cc1cccc(OCCCNC(=O)c2ccc3c(c2)CCO3)c1. The fourth-order valence-corrected chi connectivity index (χ4v) is 2.60. The predicted molar refractivity (Wildman–Crippen MR) is 89.3 cm³/mol. The predicted octanol–water partition coefficient (Wildman–Crippen LogP) is 3.13. The van der Waals surface area contributed by atoms with E-state index in [1.54, 1.807) is 0 Å². The van der Waals surface area contributed by atoms with E-state index in [0.717, 1.165) is 29.9 Å². The van der Waals surface area contributed by atoms with Gasteiger partial charge in [0.1, 0.15) is 11.5 Å². The number of aryl methyl sites for hydroxylation is 1. The van der Waals surface area contributed by atoms with Gasteiger partial charge in [-0.15, -0.1) is 0 Å². The van der Waals surface area contributed by atoms with Crippen LogP contribution in [0, 0.1) is 6.92 Å². The van der Waals surface area contributed by atoms with E-state index in [0.29, 0.717) is 25.3 Å². The van der Waals surface area contributed by atoms with E-state index < -0.39 is 0 Å². The summed E-state index contributed by atoms with van der Waals surface area (Å²) in [6.07, 6.45) is 1.65. The van der Waals surface area contributed by atoms with Gasteiger partial charge in [-0.1, -0.05) is 12.1 Å². The van der Waals surface area contributed by atoms with Gasteiger partial charge in [-0.25, -0.2) is 0 Å². The van der Waals surface area contributed by atoms with Gasteiger partial charge in [-0.2, -0.15) is 0 Å². The van der Waals surface area contributed by atoms with E-state index in [1.807, 2.05) is 49.4 Å². The Labute approximate surface area is 136 Å². The Morgan fingerprint density at radius 3 is 3.04 bits per heavy atom. The lowest BCUT2D eigenvalue weighted by Crippen LogP contribution is -2.25. The lowest BCUT2D eigenvalue weighted by molar-refractivity contribution is 0.0951. The molecule has 0 radical (unpaired) electrons. The molecule has 0 saturated carbocycles. The highest BCUT2D eigenvalue weighted by Gasteiger charge is 2.14. The summed E-state index contributed by atoms with van der Waals surface area (Å²) < 4.78 is 11.1. The largest absolute Gasteiger partial charge is 0.494 e. The molecule has 1 aliphatic rings. The molecule has 23 heavy (non-hydrogen) atoms. The molecule has 1 heterocycles. The van der Waals surface area contributed by atoms with E-state index in [-0.39, 0.29) is 5.91 Å². The molecule has 0 fully saturated rings. The van der Waals surface area contributed by atoms with E-state index >= 15 is 0 Å². The molecule has 2 aromatic carbocycles. The molecule has 0 aromatic heterocycles. The molecule has 1 aliphatic heterocycles. The van der Waals surface area contributed by atoms with Gasteiger partial charge in [-0.05, 0) is 54.8 Å². The van der Waals surface area contributed by atoms with Crippen LogP contribution in [0.1, 0.15) is 27.9 Å². The minimum Gasteiger partial charge on any atom is -0.494 e. The van der Waals surface area contributed by atoms with Gasteiger partial charge in [-0.3, -0.25) is 4.79 Å². The van der Waals surface area contributed by atoms with Crippen LogP contribution in [0.15, 0.2) is 42.5 Å². The third-order valence-corrected chi connectivity index (χ3v) is 3.82. The maximum absolute atomic E-state index is 12.1. The average Bonchev–Trinajstić information content (AvgIpc) is 3.02. The molecule has 1 N–H and O–H groups in total. The Bertz CT molecular complexity index is 697. The molecule has 3 rings (SSSR count). The van der Waals surface area contributed by atoms with Crippen LogP contribution >= 0.6 is 0 Å². The number of ether oxygens (including phenoxy) is 2. The topological polar surface area (TPSA) is 47.6 Å². The fourth-order valence-electron chi connectivity index (χ4n) is 2.60. The molecule has 0 unspecified atom stereocenters. The number of hydrogen-bond acceptors (Lipinski definition) is 3. The molecule has 0 aliphatic carbocycles. The van der Waals surface area contributed by atoms with Crippen LogP contribution in [0.25, 0.3) is 0 Å². The number of hydrogen-bond donors (Lipinski definition) is 1. The number of benzene rings is 2. The number of amides is 1. The summed E-state index contributed by atoms with van der Waals surface area (Å²) in [4.78, 5) is 12.1. The third-order valence-electron chi connectivity index (χ3n) is 3.82. The smallest absolute Gasteiger partial charge is 0.251 e. The first kappa shape index (κ1) is 15.4. The highest BCUT2D eigenvalue weighted by Crippen LogP contribution is 2.25. The summed E-state index contributed by atoms with van der Waals surface area (Å²) in [6, 6.07) is 13.6. The number of carbonyl (C=O) groups is 1. The zero-order chi connectivity index (χ0) is 16.1. The Morgan fingerprint density at radius 1 is 1.26 bits per heavy atom. The number of rotatable bonds is 6. The molecule has 120 valence electrons. The van der Waals surface area contributed by atoms with Crippen LogP contribution in [0.3, 0.4) is 0 Å². The van der Waals surface area contributed by atoms with Crippen molar-refractivity contribution in [1.82, 2.24) is 5.32 Å². The second-order valence-corrected chi connectivity index (χ2v) is 5.70. The van der Waals surface area contributed by atoms with Crippen molar-refractivity contribution in [2.24, 2.45) is 0 Å². The molecular weight excluding hydrogens is 290 g/mol. The van der Waals surface area contributed by atoms with Crippen molar-refractivity contribution in [1.29, 1.82) is 0 Å². The van der Waals surface area contributed by atoms with Crippen LogP contribution in [-0.4, -0.2) is 25.7 Å². The second kappa shape index (κ2) is 7.18. The molecular formula is C19H21NO3. The third kappa shape index (κ3) is 4.03. The highest BCUT2D eigenvalue weighted by molar-refractivity contribution is 5.94. The van der Waals surface area contributed by atoms with E-state index in [4.69, 9.17) is 9.47 Å². The normalized spacial score (nSPS) is 12.4. The molecule has 4 heteroatoms. The van der Waals surface area contributed by atoms with E-state index in [9.17, 15) is 4.79 Å².